The van der Waals surface area contributed by atoms with Gasteiger partial charge in [0.2, 0.25) is 0 Å². The molecule has 0 saturated carbocycles. The highest BCUT2D eigenvalue weighted by Crippen LogP contribution is 2.47. The Balaban J connectivity index is 0.00000165. The molecule has 1 nitrogen and oxygen atoms in total. The Morgan fingerprint density at radius 2 is 1.25 bits per heavy atom. The molecule has 0 unspecified atom stereocenters. The molecule has 132 valence electrons. The molecule has 0 fully saturated rings. The van der Waals surface area contributed by atoms with E-state index in [9.17, 15) is 0 Å². The van der Waals surface area contributed by atoms with Crippen LogP contribution < -0.4 is 0 Å². The molecule has 1 N–H and O–H groups in total. The molecule has 0 spiro atoms. The van der Waals surface area contributed by atoms with Gasteiger partial charge < -0.3 is 4.98 Å². The topological polar surface area (TPSA) is 15.8 Å². The Bertz CT molecular complexity index is 1720. The van der Waals surface area contributed by atoms with E-state index >= 15 is 0 Å². The molecule has 2 heteroatoms. The Labute approximate surface area is 166 Å². The minimum absolute atomic E-state index is 0. The van der Waals surface area contributed by atoms with Crippen molar-refractivity contribution in [3.63, 3.8) is 0 Å². The Morgan fingerprint density at radius 1 is 0.571 bits per heavy atom. The smallest absolute Gasteiger partial charge is 0.0653 e. The molecule has 0 atom stereocenters. The average molecular weight is 375 g/mol. The molecule has 0 aliphatic rings. The van der Waals surface area contributed by atoms with Crippen LogP contribution in [0, 0.1) is 0 Å². The highest BCUT2D eigenvalue weighted by Gasteiger charge is 2.18. The van der Waals surface area contributed by atoms with Crippen LogP contribution in [0.5, 0.6) is 0 Å². The zero-order valence-electron chi connectivity index (χ0n) is 15.0. The van der Waals surface area contributed by atoms with Gasteiger partial charge in [-0.25, -0.2) is 0 Å². The van der Waals surface area contributed by atoms with Crippen molar-refractivity contribution >= 4 is 74.9 Å². The van der Waals surface area contributed by atoms with Gasteiger partial charge in [0.1, 0.15) is 0 Å². The number of rotatable bonds is 0. The maximum absolute atomic E-state index is 3.73. The van der Waals surface area contributed by atoms with E-state index in [0.29, 0.717) is 0 Å². The van der Waals surface area contributed by atoms with Crippen molar-refractivity contribution in [3.8, 4) is 0 Å². The summed E-state index contributed by atoms with van der Waals surface area (Å²) in [5.41, 5.74) is 2.47. The Morgan fingerprint density at radius 3 is 2.11 bits per heavy atom. The van der Waals surface area contributed by atoms with E-state index in [0.717, 1.165) is 0 Å². The van der Waals surface area contributed by atoms with Crippen molar-refractivity contribution in [2.75, 3.05) is 0 Å². The van der Waals surface area contributed by atoms with E-state index in [-0.39, 0.29) is 1.43 Å². The van der Waals surface area contributed by atoms with Gasteiger partial charge in [-0.05, 0) is 33.7 Å². The second kappa shape index (κ2) is 5.12. The van der Waals surface area contributed by atoms with Crippen molar-refractivity contribution < 1.29 is 1.43 Å². The van der Waals surface area contributed by atoms with E-state index in [1.807, 2.05) is 11.3 Å². The summed E-state index contributed by atoms with van der Waals surface area (Å²) < 4.78 is 2.71. The van der Waals surface area contributed by atoms with Gasteiger partial charge >= 0.3 is 0 Å². The summed E-state index contributed by atoms with van der Waals surface area (Å²) in [6, 6.07) is 30.8. The lowest BCUT2D eigenvalue weighted by atomic mass is 9.97. The van der Waals surface area contributed by atoms with Crippen LogP contribution in [0.15, 0.2) is 84.9 Å². The molecule has 0 aliphatic heterocycles. The molecule has 2 heterocycles. The fourth-order valence-electron chi connectivity index (χ4n) is 4.81. The summed E-state index contributed by atoms with van der Waals surface area (Å²) in [4.78, 5) is 3.73. The first-order valence-electron chi connectivity index (χ1n) is 9.55. The van der Waals surface area contributed by atoms with Crippen molar-refractivity contribution in [2.24, 2.45) is 0 Å². The van der Waals surface area contributed by atoms with Gasteiger partial charge in [0.25, 0.3) is 0 Å². The van der Waals surface area contributed by atoms with Gasteiger partial charge in [0.05, 0.1) is 10.2 Å². The summed E-state index contributed by atoms with van der Waals surface area (Å²) in [7, 11) is 0. The Hall–Kier alpha value is -3.36. The molecule has 5 aromatic carbocycles. The van der Waals surface area contributed by atoms with Crippen molar-refractivity contribution in [2.45, 2.75) is 0 Å². The minimum Gasteiger partial charge on any atom is -0.353 e. The second-order valence-electron chi connectivity index (χ2n) is 7.43. The number of aromatic nitrogens is 1. The lowest BCUT2D eigenvalue weighted by Gasteiger charge is -2.06. The van der Waals surface area contributed by atoms with Crippen molar-refractivity contribution in [1.29, 1.82) is 0 Å². The molecule has 0 amide bonds. The number of hydrogen-bond donors (Lipinski definition) is 1. The van der Waals surface area contributed by atoms with E-state index in [2.05, 4.69) is 89.9 Å². The van der Waals surface area contributed by atoms with Gasteiger partial charge in [-0.1, -0.05) is 72.8 Å². The van der Waals surface area contributed by atoms with Gasteiger partial charge in [-0.3, -0.25) is 0 Å². The quantitative estimate of drug-likeness (QED) is 0.275. The first-order chi connectivity index (χ1) is 13.9. The summed E-state index contributed by atoms with van der Waals surface area (Å²) in [6.07, 6.45) is 0. The molecule has 28 heavy (non-hydrogen) atoms. The lowest BCUT2D eigenvalue weighted by Crippen LogP contribution is -1.79. The third-order valence-electron chi connectivity index (χ3n) is 5.98. The summed E-state index contributed by atoms with van der Waals surface area (Å²) in [5.74, 6) is 0. The molecule has 7 rings (SSSR count). The van der Waals surface area contributed by atoms with Crippen LogP contribution >= 0.6 is 11.3 Å². The molecule has 0 bridgehead atoms. The average Bonchev–Trinajstić information content (AvgIpc) is 3.33. The van der Waals surface area contributed by atoms with Crippen LogP contribution in [0.1, 0.15) is 1.43 Å². The number of fused-ring (bicyclic) bond motifs is 12. The highest BCUT2D eigenvalue weighted by molar-refractivity contribution is 7.27. The monoisotopic (exact) mass is 375 g/mol. The van der Waals surface area contributed by atoms with E-state index < -0.39 is 0 Å². The van der Waals surface area contributed by atoms with Crippen LogP contribution in [-0.2, 0) is 0 Å². The number of para-hydroxylation sites is 1. The largest absolute Gasteiger partial charge is 0.353 e. The summed E-state index contributed by atoms with van der Waals surface area (Å²) >= 11 is 1.90. The molecule has 0 aliphatic carbocycles. The first kappa shape index (κ1) is 14.7. The number of hydrogen-bond acceptors (Lipinski definition) is 1. The number of benzene rings is 5. The second-order valence-corrected chi connectivity index (χ2v) is 8.48. The maximum Gasteiger partial charge on any atom is 0.0653 e. The lowest BCUT2D eigenvalue weighted by molar-refractivity contribution is 1.57. The molecule has 7 aromatic rings. The van der Waals surface area contributed by atoms with Crippen LogP contribution in [0.2, 0.25) is 0 Å². The van der Waals surface area contributed by atoms with Crippen LogP contribution in [0.25, 0.3) is 63.5 Å². The number of H-pyrrole nitrogens is 1. The van der Waals surface area contributed by atoms with E-state index in [1.54, 1.807) is 0 Å². The third-order valence-corrected chi connectivity index (χ3v) is 7.15. The van der Waals surface area contributed by atoms with Crippen LogP contribution in [-0.4, -0.2) is 4.98 Å². The SMILES string of the molecule is [HH].c1ccc2c(c1)ccc1sc3c4[nH]c5ccccc5c4c4ccccc4c3c12. The summed E-state index contributed by atoms with van der Waals surface area (Å²) in [5, 5.41) is 10.7. The molecule has 0 saturated heterocycles. The Kier molecular flexibility index (Phi) is 2.68. The molecule has 0 radical (unpaired) electrons. The predicted octanol–water partition coefficient (Wildman–Crippen LogP) is 8.24. The number of thiophene rings is 1. The van der Waals surface area contributed by atoms with Gasteiger partial charge in [-0.2, -0.15) is 0 Å². The van der Waals surface area contributed by atoms with Gasteiger partial charge in [0, 0.05) is 33.2 Å². The fraction of sp³-hybridized carbons (Fsp3) is 0. The molecular formula is C26H17NS. The minimum atomic E-state index is 0. The van der Waals surface area contributed by atoms with Crippen LogP contribution in [0.4, 0.5) is 0 Å². The fourth-order valence-corrected chi connectivity index (χ4v) is 6.05. The van der Waals surface area contributed by atoms with Gasteiger partial charge in [-0.15, -0.1) is 11.3 Å². The number of nitrogens with one attached hydrogen (secondary N) is 1. The van der Waals surface area contributed by atoms with Crippen molar-refractivity contribution in [3.05, 3.63) is 84.9 Å². The summed E-state index contributed by atoms with van der Waals surface area (Å²) in [6.45, 7) is 0. The zero-order chi connectivity index (χ0) is 18.2. The molecular weight excluding hydrogens is 358 g/mol. The predicted molar refractivity (Wildman–Crippen MR) is 126 cm³/mol. The van der Waals surface area contributed by atoms with Crippen molar-refractivity contribution in [1.82, 2.24) is 4.98 Å². The maximum atomic E-state index is 3.73. The van der Waals surface area contributed by atoms with E-state index in [4.69, 9.17) is 0 Å². The zero-order valence-corrected chi connectivity index (χ0v) is 15.8. The van der Waals surface area contributed by atoms with Gasteiger partial charge in [0.15, 0.2) is 0 Å². The number of aromatic amines is 1. The highest BCUT2D eigenvalue weighted by atomic mass is 32.1. The van der Waals surface area contributed by atoms with E-state index in [1.165, 1.54) is 63.5 Å². The molecule has 2 aromatic heterocycles. The first-order valence-corrected chi connectivity index (χ1v) is 10.4. The van der Waals surface area contributed by atoms with Crippen LogP contribution in [0.3, 0.4) is 0 Å². The normalized spacial score (nSPS) is 12.3. The standard InChI is InChI=1S/C26H15NS.H2/c1-2-8-16-15(7-1)13-14-21-23(16)24-18-10-4-3-9-17(18)22-19-11-5-6-12-20(19)27-25(22)26(24)28-21;/h1-14,27H;1H. The third kappa shape index (κ3) is 1.71.